The zero-order chi connectivity index (χ0) is 18.2. The number of nitrogens with two attached hydrogens (primary N) is 1. The molecule has 2 atom stereocenters. The van der Waals surface area contributed by atoms with Crippen molar-refractivity contribution in [2.75, 3.05) is 24.6 Å². The number of piperidine rings is 1. The third kappa shape index (κ3) is 3.86. The van der Waals surface area contributed by atoms with Crippen molar-refractivity contribution < 1.29 is 22.7 Å². The van der Waals surface area contributed by atoms with Gasteiger partial charge >= 0.3 is 6.18 Å². The maximum atomic E-state index is 12.9. The van der Waals surface area contributed by atoms with Crippen molar-refractivity contribution in [3.8, 4) is 0 Å². The Morgan fingerprint density at radius 3 is 2.56 bits per heavy atom. The largest absolute Gasteiger partial charge is 0.433 e. The van der Waals surface area contributed by atoms with Gasteiger partial charge in [-0.15, -0.1) is 0 Å². The van der Waals surface area contributed by atoms with Crippen LogP contribution in [-0.2, 0) is 15.7 Å². The molecule has 138 valence electrons. The van der Waals surface area contributed by atoms with Crippen LogP contribution >= 0.6 is 0 Å². The number of aryl methyl sites for hydroxylation is 1. The minimum atomic E-state index is -4.49. The third-order valence-corrected chi connectivity index (χ3v) is 4.92. The second kappa shape index (κ2) is 6.78. The number of alkyl halides is 3. The molecule has 1 aromatic rings. The monoisotopic (exact) mass is 358 g/mol. The molecule has 1 amide bonds. The Morgan fingerprint density at radius 2 is 1.96 bits per heavy atom. The highest BCUT2D eigenvalue weighted by Crippen LogP contribution is 2.34. The van der Waals surface area contributed by atoms with Gasteiger partial charge in [-0.1, -0.05) is 0 Å². The van der Waals surface area contributed by atoms with Crippen LogP contribution in [0.1, 0.15) is 30.7 Å². The molecule has 3 heterocycles. The summed E-state index contributed by atoms with van der Waals surface area (Å²) < 4.78 is 44.5. The average Bonchev–Trinajstić information content (AvgIpc) is 3.03. The average molecular weight is 358 g/mol. The highest BCUT2D eigenvalue weighted by atomic mass is 19.4. The van der Waals surface area contributed by atoms with Crippen LogP contribution < -0.4 is 10.6 Å². The first-order chi connectivity index (χ1) is 11.8. The molecule has 2 aliphatic heterocycles. The molecule has 0 spiro atoms. The molecule has 0 aromatic carbocycles. The van der Waals surface area contributed by atoms with Crippen molar-refractivity contribution in [1.82, 2.24) is 9.97 Å². The van der Waals surface area contributed by atoms with E-state index in [1.807, 2.05) is 0 Å². The molecule has 2 aliphatic rings. The molecular weight excluding hydrogens is 337 g/mol. The summed E-state index contributed by atoms with van der Waals surface area (Å²) in [6.07, 6.45) is -2.65. The number of aromatic nitrogens is 2. The first-order valence-electron chi connectivity index (χ1n) is 8.34. The Balaban J connectivity index is 1.68. The van der Waals surface area contributed by atoms with Gasteiger partial charge in [0.25, 0.3) is 0 Å². The number of primary amides is 1. The van der Waals surface area contributed by atoms with Gasteiger partial charge in [-0.25, -0.2) is 9.97 Å². The highest BCUT2D eigenvalue weighted by Gasteiger charge is 2.40. The third-order valence-electron chi connectivity index (χ3n) is 4.92. The maximum Gasteiger partial charge on any atom is 0.433 e. The summed E-state index contributed by atoms with van der Waals surface area (Å²) in [6, 6.07) is 0.945. The SMILES string of the molecule is Cc1cc(C(F)(F)F)nc(N2CCC([C@H]3OCC[C@@H]3C(N)=O)CC2)n1. The molecule has 2 fully saturated rings. The molecule has 25 heavy (non-hydrogen) atoms. The van der Waals surface area contributed by atoms with Crippen LogP contribution in [0.3, 0.4) is 0 Å². The van der Waals surface area contributed by atoms with Crippen LogP contribution in [0.2, 0.25) is 0 Å². The number of nitrogens with zero attached hydrogens (tertiary/aromatic N) is 3. The number of hydrogen-bond donors (Lipinski definition) is 1. The van der Waals surface area contributed by atoms with E-state index >= 15 is 0 Å². The van der Waals surface area contributed by atoms with Crippen LogP contribution in [0.15, 0.2) is 6.07 Å². The highest BCUT2D eigenvalue weighted by molar-refractivity contribution is 5.77. The normalized spacial score (nSPS) is 25.4. The number of rotatable bonds is 3. The van der Waals surface area contributed by atoms with E-state index in [1.165, 1.54) is 6.92 Å². The Kier molecular flexibility index (Phi) is 4.86. The standard InChI is InChI=1S/C16H21F3N4O2/c1-9-8-12(16(17,18)19)22-15(21-9)23-5-2-10(3-6-23)13-11(14(20)24)4-7-25-13/h8,10-11,13H,2-7H2,1H3,(H2,20,24)/t11-,13+/m0/s1. The van der Waals surface area contributed by atoms with Gasteiger partial charge in [-0.05, 0) is 38.2 Å². The van der Waals surface area contributed by atoms with Crippen molar-refractivity contribution in [2.24, 2.45) is 17.6 Å². The topological polar surface area (TPSA) is 81.3 Å². The fraction of sp³-hybridized carbons (Fsp3) is 0.688. The number of halogens is 3. The van der Waals surface area contributed by atoms with E-state index in [2.05, 4.69) is 9.97 Å². The Hall–Kier alpha value is -1.90. The molecule has 2 saturated heterocycles. The molecule has 3 rings (SSSR count). The predicted molar refractivity (Wildman–Crippen MR) is 83.7 cm³/mol. The van der Waals surface area contributed by atoms with Crippen LogP contribution in [-0.4, -0.2) is 41.7 Å². The second-order valence-electron chi connectivity index (χ2n) is 6.65. The number of amides is 1. The summed E-state index contributed by atoms with van der Waals surface area (Å²) in [4.78, 5) is 21.1. The van der Waals surface area contributed by atoms with Gasteiger partial charge in [-0.3, -0.25) is 4.79 Å². The van der Waals surface area contributed by atoms with Gasteiger partial charge in [0, 0.05) is 25.4 Å². The van der Waals surface area contributed by atoms with Gasteiger partial charge in [0.2, 0.25) is 11.9 Å². The van der Waals surface area contributed by atoms with Gasteiger partial charge in [0.05, 0.1) is 12.0 Å². The number of carbonyl (C=O) groups is 1. The molecule has 0 saturated carbocycles. The molecule has 0 bridgehead atoms. The second-order valence-corrected chi connectivity index (χ2v) is 6.65. The zero-order valence-corrected chi connectivity index (χ0v) is 13.9. The van der Waals surface area contributed by atoms with E-state index in [-0.39, 0.29) is 35.5 Å². The molecule has 1 aromatic heterocycles. The lowest BCUT2D eigenvalue weighted by Gasteiger charge is -2.35. The number of ether oxygens (including phenoxy) is 1. The summed E-state index contributed by atoms with van der Waals surface area (Å²) in [7, 11) is 0. The number of anilines is 1. The van der Waals surface area contributed by atoms with Gasteiger partial charge in [-0.2, -0.15) is 13.2 Å². The van der Waals surface area contributed by atoms with E-state index in [0.717, 1.165) is 6.07 Å². The minimum Gasteiger partial charge on any atom is -0.377 e. The Morgan fingerprint density at radius 1 is 1.28 bits per heavy atom. The summed E-state index contributed by atoms with van der Waals surface area (Å²) in [5.74, 6) is -0.349. The van der Waals surface area contributed by atoms with Crippen molar-refractivity contribution >= 4 is 11.9 Å². The Bertz CT molecular complexity index is 645. The lowest BCUT2D eigenvalue weighted by atomic mass is 9.84. The van der Waals surface area contributed by atoms with E-state index in [9.17, 15) is 18.0 Å². The molecule has 0 radical (unpaired) electrons. The van der Waals surface area contributed by atoms with Gasteiger partial charge < -0.3 is 15.4 Å². The first kappa shape index (κ1) is 17.9. The van der Waals surface area contributed by atoms with Crippen LogP contribution in [0.4, 0.5) is 19.1 Å². The first-order valence-corrected chi connectivity index (χ1v) is 8.34. The summed E-state index contributed by atoms with van der Waals surface area (Å²) in [6.45, 7) is 3.10. The fourth-order valence-corrected chi connectivity index (χ4v) is 3.65. The van der Waals surface area contributed by atoms with Crippen molar-refractivity contribution in [1.29, 1.82) is 0 Å². The molecule has 0 aliphatic carbocycles. The summed E-state index contributed by atoms with van der Waals surface area (Å²) >= 11 is 0. The van der Waals surface area contributed by atoms with E-state index in [1.54, 1.807) is 4.90 Å². The quantitative estimate of drug-likeness (QED) is 0.893. The van der Waals surface area contributed by atoms with E-state index in [4.69, 9.17) is 10.5 Å². The number of hydrogen-bond acceptors (Lipinski definition) is 5. The molecule has 0 unspecified atom stereocenters. The fourth-order valence-electron chi connectivity index (χ4n) is 3.65. The van der Waals surface area contributed by atoms with Crippen molar-refractivity contribution in [3.05, 3.63) is 17.5 Å². The maximum absolute atomic E-state index is 12.9. The smallest absolute Gasteiger partial charge is 0.377 e. The van der Waals surface area contributed by atoms with Crippen LogP contribution in [0.5, 0.6) is 0 Å². The minimum absolute atomic E-state index is 0.101. The van der Waals surface area contributed by atoms with Crippen LogP contribution in [0, 0.1) is 18.8 Å². The van der Waals surface area contributed by atoms with Gasteiger partial charge in [0.1, 0.15) is 5.69 Å². The van der Waals surface area contributed by atoms with Gasteiger partial charge in [0.15, 0.2) is 0 Å². The lowest BCUT2D eigenvalue weighted by molar-refractivity contribution is -0.141. The van der Waals surface area contributed by atoms with E-state index in [0.29, 0.717) is 39.0 Å². The molecule has 2 N–H and O–H groups in total. The zero-order valence-electron chi connectivity index (χ0n) is 13.9. The summed E-state index contributed by atoms with van der Waals surface area (Å²) in [5.41, 5.74) is 4.79. The molecule has 9 heteroatoms. The lowest BCUT2D eigenvalue weighted by Crippen LogP contribution is -2.42. The molecule has 6 nitrogen and oxygen atoms in total. The number of carbonyl (C=O) groups excluding carboxylic acids is 1. The van der Waals surface area contributed by atoms with E-state index < -0.39 is 11.9 Å². The molecular formula is C16H21F3N4O2. The van der Waals surface area contributed by atoms with Crippen molar-refractivity contribution in [2.45, 2.75) is 38.5 Å². The van der Waals surface area contributed by atoms with Crippen molar-refractivity contribution in [3.63, 3.8) is 0 Å². The summed E-state index contributed by atoms with van der Waals surface area (Å²) in [5, 5.41) is 0. The predicted octanol–water partition coefficient (Wildman–Crippen LogP) is 1.91. The Labute approximate surface area is 143 Å². The van der Waals surface area contributed by atoms with Crippen LogP contribution in [0.25, 0.3) is 0 Å².